The highest BCUT2D eigenvalue weighted by atomic mass is 16.3. The van der Waals surface area contributed by atoms with Crippen molar-refractivity contribution in [3.8, 4) is 11.5 Å². The van der Waals surface area contributed by atoms with Gasteiger partial charge in [0.1, 0.15) is 11.5 Å². The van der Waals surface area contributed by atoms with Crippen molar-refractivity contribution in [3.63, 3.8) is 0 Å². The second-order valence-electron chi connectivity index (χ2n) is 6.37. The standard InChI is InChI=1S/C21H30O2/c1-5-6-7-11-18-14-20(22)19(21(23)15-18)13-12-17(4)10-8-9-16(2)3/h5,9,12,14-15,22-23H,1,6-8,10-11,13H2,2-4H3/b17-12+. The first-order chi connectivity index (χ1) is 10.9. The van der Waals surface area contributed by atoms with Crippen LogP contribution < -0.4 is 0 Å². The number of hydrogen-bond acceptors (Lipinski definition) is 2. The van der Waals surface area contributed by atoms with E-state index in [2.05, 4.69) is 39.5 Å². The van der Waals surface area contributed by atoms with Crippen LogP contribution in [-0.2, 0) is 12.8 Å². The Balaban J connectivity index is 2.69. The molecule has 0 bridgehead atoms. The lowest BCUT2D eigenvalue weighted by Gasteiger charge is -2.09. The Kier molecular flexibility index (Phi) is 8.25. The van der Waals surface area contributed by atoms with Crippen molar-refractivity contribution in [2.75, 3.05) is 0 Å². The number of aryl methyl sites for hydroxylation is 1. The molecule has 23 heavy (non-hydrogen) atoms. The molecule has 2 heteroatoms. The zero-order valence-electron chi connectivity index (χ0n) is 14.7. The summed E-state index contributed by atoms with van der Waals surface area (Å²) < 4.78 is 0. The first kappa shape index (κ1) is 19.1. The second kappa shape index (κ2) is 9.94. The number of hydrogen-bond donors (Lipinski definition) is 2. The zero-order chi connectivity index (χ0) is 17.2. The molecule has 1 aromatic carbocycles. The van der Waals surface area contributed by atoms with Crippen LogP contribution in [0.15, 0.2) is 48.1 Å². The van der Waals surface area contributed by atoms with Gasteiger partial charge in [0, 0.05) is 5.56 Å². The van der Waals surface area contributed by atoms with E-state index in [1.54, 1.807) is 12.1 Å². The maximum atomic E-state index is 10.2. The van der Waals surface area contributed by atoms with E-state index in [0.717, 1.165) is 37.7 Å². The first-order valence-electron chi connectivity index (χ1n) is 8.37. The van der Waals surface area contributed by atoms with Gasteiger partial charge in [-0.25, -0.2) is 0 Å². The normalized spacial score (nSPS) is 11.3. The fourth-order valence-corrected chi connectivity index (χ4v) is 2.47. The Morgan fingerprint density at radius 3 is 2.26 bits per heavy atom. The van der Waals surface area contributed by atoms with E-state index in [-0.39, 0.29) is 11.5 Å². The summed E-state index contributed by atoms with van der Waals surface area (Å²) in [6.45, 7) is 10.0. The molecule has 1 aromatic rings. The quantitative estimate of drug-likeness (QED) is 0.444. The molecule has 0 fully saturated rings. The Morgan fingerprint density at radius 1 is 1.04 bits per heavy atom. The first-order valence-corrected chi connectivity index (χ1v) is 8.37. The van der Waals surface area contributed by atoms with E-state index in [4.69, 9.17) is 0 Å². The molecule has 1 rings (SSSR count). The van der Waals surface area contributed by atoms with Crippen molar-refractivity contribution in [2.24, 2.45) is 0 Å². The molecule has 0 atom stereocenters. The molecule has 0 saturated heterocycles. The van der Waals surface area contributed by atoms with E-state index in [0.29, 0.717) is 12.0 Å². The molecule has 0 spiro atoms. The molecule has 0 heterocycles. The SMILES string of the molecule is C=CCCCc1cc(O)c(C/C=C(\C)CCC=C(C)C)c(O)c1. The number of rotatable bonds is 9. The molecule has 126 valence electrons. The Labute approximate surface area is 140 Å². The summed E-state index contributed by atoms with van der Waals surface area (Å²) in [5.41, 5.74) is 4.19. The molecule has 0 aliphatic rings. The largest absolute Gasteiger partial charge is 0.508 e. The number of benzene rings is 1. The van der Waals surface area contributed by atoms with Gasteiger partial charge in [0.15, 0.2) is 0 Å². The van der Waals surface area contributed by atoms with Crippen LogP contribution in [0.4, 0.5) is 0 Å². The molecule has 0 aliphatic heterocycles. The molecule has 2 N–H and O–H groups in total. The van der Waals surface area contributed by atoms with Crippen LogP contribution in [0.25, 0.3) is 0 Å². The number of unbranched alkanes of at least 4 members (excludes halogenated alkanes) is 1. The minimum absolute atomic E-state index is 0.187. The molecular formula is C21H30O2. The van der Waals surface area contributed by atoms with Gasteiger partial charge in [-0.05, 0) is 77.0 Å². The monoisotopic (exact) mass is 314 g/mol. The van der Waals surface area contributed by atoms with Gasteiger partial charge in [0.05, 0.1) is 0 Å². The Morgan fingerprint density at radius 2 is 1.70 bits per heavy atom. The van der Waals surface area contributed by atoms with Crippen LogP contribution in [0.3, 0.4) is 0 Å². The highest BCUT2D eigenvalue weighted by Crippen LogP contribution is 2.30. The van der Waals surface area contributed by atoms with Gasteiger partial charge in [0.25, 0.3) is 0 Å². The fraction of sp³-hybridized carbons (Fsp3) is 0.429. The van der Waals surface area contributed by atoms with Crippen molar-refractivity contribution in [2.45, 2.75) is 59.3 Å². The van der Waals surface area contributed by atoms with Gasteiger partial charge in [-0.3, -0.25) is 0 Å². The predicted octanol–water partition coefficient (Wildman–Crippen LogP) is 5.84. The van der Waals surface area contributed by atoms with Crippen LogP contribution in [0.5, 0.6) is 11.5 Å². The summed E-state index contributed by atoms with van der Waals surface area (Å²) in [5, 5.41) is 20.3. The van der Waals surface area contributed by atoms with Crippen molar-refractivity contribution < 1.29 is 10.2 Å². The number of phenols is 2. The van der Waals surface area contributed by atoms with Crippen LogP contribution in [0, 0.1) is 0 Å². The molecule has 0 aromatic heterocycles. The minimum Gasteiger partial charge on any atom is -0.508 e. The number of aromatic hydroxyl groups is 2. The van der Waals surface area contributed by atoms with E-state index >= 15 is 0 Å². The molecule has 0 saturated carbocycles. The molecule has 0 radical (unpaired) electrons. The van der Waals surface area contributed by atoms with Crippen LogP contribution in [-0.4, -0.2) is 10.2 Å². The van der Waals surface area contributed by atoms with Crippen LogP contribution >= 0.6 is 0 Å². The summed E-state index contributed by atoms with van der Waals surface area (Å²) in [6, 6.07) is 3.54. The smallest absolute Gasteiger partial charge is 0.123 e. The summed E-state index contributed by atoms with van der Waals surface area (Å²) >= 11 is 0. The number of phenolic OH excluding ortho intramolecular Hbond substituents is 2. The number of allylic oxidation sites excluding steroid dienone is 5. The van der Waals surface area contributed by atoms with Gasteiger partial charge in [-0.15, -0.1) is 6.58 Å². The topological polar surface area (TPSA) is 40.5 Å². The third-order valence-electron chi connectivity index (χ3n) is 3.88. The molecule has 0 unspecified atom stereocenters. The van der Waals surface area contributed by atoms with E-state index in [9.17, 15) is 10.2 Å². The molecule has 0 aliphatic carbocycles. The lowest BCUT2D eigenvalue weighted by Crippen LogP contribution is -1.91. The van der Waals surface area contributed by atoms with Crippen molar-refractivity contribution >= 4 is 0 Å². The zero-order valence-corrected chi connectivity index (χ0v) is 14.7. The maximum absolute atomic E-state index is 10.2. The Hall–Kier alpha value is -1.96. The predicted molar refractivity (Wildman–Crippen MR) is 99.0 cm³/mol. The average Bonchev–Trinajstić information content (AvgIpc) is 2.46. The summed E-state index contributed by atoms with van der Waals surface area (Å²) in [7, 11) is 0. The van der Waals surface area contributed by atoms with Gasteiger partial charge in [-0.2, -0.15) is 0 Å². The van der Waals surface area contributed by atoms with Gasteiger partial charge >= 0.3 is 0 Å². The Bertz CT molecular complexity index is 552. The molecule has 0 amide bonds. The third-order valence-corrected chi connectivity index (χ3v) is 3.88. The van der Waals surface area contributed by atoms with Crippen LogP contribution in [0.1, 0.15) is 57.6 Å². The van der Waals surface area contributed by atoms with Gasteiger partial charge in [-0.1, -0.05) is 29.4 Å². The lowest BCUT2D eigenvalue weighted by atomic mass is 10.0. The minimum atomic E-state index is 0.187. The van der Waals surface area contributed by atoms with E-state index < -0.39 is 0 Å². The van der Waals surface area contributed by atoms with Gasteiger partial charge < -0.3 is 10.2 Å². The second-order valence-corrected chi connectivity index (χ2v) is 6.37. The maximum Gasteiger partial charge on any atom is 0.123 e. The summed E-state index contributed by atoms with van der Waals surface area (Å²) in [4.78, 5) is 0. The summed E-state index contributed by atoms with van der Waals surface area (Å²) in [6.07, 6.45) is 11.6. The molecule has 2 nitrogen and oxygen atoms in total. The van der Waals surface area contributed by atoms with Crippen molar-refractivity contribution in [3.05, 3.63) is 59.2 Å². The van der Waals surface area contributed by atoms with E-state index in [1.165, 1.54) is 11.1 Å². The molecular weight excluding hydrogens is 284 g/mol. The van der Waals surface area contributed by atoms with Crippen LogP contribution in [0.2, 0.25) is 0 Å². The highest BCUT2D eigenvalue weighted by Gasteiger charge is 2.09. The average molecular weight is 314 g/mol. The van der Waals surface area contributed by atoms with E-state index in [1.807, 2.05) is 6.08 Å². The van der Waals surface area contributed by atoms with Crippen molar-refractivity contribution in [1.29, 1.82) is 0 Å². The fourth-order valence-electron chi connectivity index (χ4n) is 2.47. The highest BCUT2D eigenvalue weighted by molar-refractivity contribution is 5.47. The summed E-state index contributed by atoms with van der Waals surface area (Å²) in [5.74, 6) is 0.374. The third kappa shape index (κ3) is 7.23. The lowest BCUT2D eigenvalue weighted by molar-refractivity contribution is 0.439. The van der Waals surface area contributed by atoms with Gasteiger partial charge in [0.2, 0.25) is 0 Å². The van der Waals surface area contributed by atoms with Crippen molar-refractivity contribution in [1.82, 2.24) is 0 Å².